The molecule has 1 unspecified atom stereocenters. The highest BCUT2D eigenvalue weighted by Crippen LogP contribution is 2.30. The van der Waals surface area contributed by atoms with Crippen molar-refractivity contribution in [3.63, 3.8) is 0 Å². The van der Waals surface area contributed by atoms with Gasteiger partial charge in [0.25, 0.3) is 5.91 Å². The summed E-state index contributed by atoms with van der Waals surface area (Å²) in [4.78, 5) is 12.5. The monoisotopic (exact) mass is 339 g/mol. The first-order valence-corrected chi connectivity index (χ1v) is 7.69. The van der Waals surface area contributed by atoms with Gasteiger partial charge < -0.3 is 10.1 Å². The minimum absolute atomic E-state index is 0.0552. The number of rotatable bonds is 3. The van der Waals surface area contributed by atoms with E-state index in [2.05, 4.69) is 15.5 Å². The largest absolute Gasteiger partial charge is 0.496 e. The van der Waals surface area contributed by atoms with E-state index in [1.807, 2.05) is 6.20 Å². The van der Waals surface area contributed by atoms with Crippen molar-refractivity contribution in [3.8, 4) is 5.75 Å². The van der Waals surface area contributed by atoms with Crippen LogP contribution < -0.4 is 10.1 Å². The molecule has 1 amide bonds. The summed E-state index contributed by atoms with van der Waals surface area (Å²) < 4.78 is 5.22. The zero-order valence-corrected chi connectivity index (χ0v) is 13.5. The summed E-state index contributed by atoms with van der Waals surface area (Å²) >= 11 is 12.0. The van der Waals surface area contributed by atoms with Gasteiger partial charge in [-0.15, -0.1) is 0 Å². The Hall–Kier alpha value is -1.72. The zero-order valence-electron chi connectivity index (χ0n) is 12.0. The van der Waals surface area contributed by atoms with Crippen LogP contribution >= 0.6 is 23.2 Å². The van der Waals surface area contributed by atoms with Crippen molar-refractivity contribution in [3.05, 3.63) is 45.2 Å². The number of aryl methyl sites for hydroxylation is 1. The lowest BCUT2D eigenvalue weighted by Gasteiger charge is -2.23. The van der Waals surface area contributed by atoms with Gasteiger partial charge in [0.1, 0.15) is 5.75 Å². The van der Waals surface area contributed by atoms with Crippen LogP contribution in [0.25, 0.3) is 0 Å². The Morgan fingerprint density at radius 2 is 2.18 bits per heavy atom. The predicted octanol–water partition coefficient (Wildman–Crippen LogP) is 3.01. The molecular formula is C15H15Cl2N3O2. The molecule has 0 saturated carbocycles. The van der Waals surface area contributed by atoms with Crippen LogP contribution in [0.3, 0.4) is 0 Å². The minimum atomic E-state index is -0.219. The Bertz CT molecular complexity index is 715. The zero-order chi connectivity index (χ0) is 15.7. The summed E-state index contributed by atoms with van der Waals surface area (Å²) in [7, 11) is 1.49. The molecule has 3 rings (SSSR count). The van der Waals surface area contributed by atoms with Gasteiger partial charge in [0.15, 0.2) is 0 Å². The molecular weight excluding hydrogens is 325 g/mol. The molecule has 1 aromatic carbocycles. The molecule has 2 aromatic rings. The van der Waals surface area contributed by atoms with Crippen molar-refractivity contribution >= 4 is 29.1 Å². The third-order valence-electron chi connectivity index (χ3n) is 3.84. The van der Waals surface area contributed by atoms with Crippen LogP contribution in [0.1, 0.15) is 28.0 Å². The molecule has 1 aliphatic rings. The van der Waals surface area contributed by atoms with Crippen molar-refractivity contribution in [2.75, 3.05) is 7.11 Å². The number of nitrogens with zero attached hydrogens (tertiary/aromatic N) is 1. The number of hydrogen-bond acceptors (Lipinski definition) is 3. The predicted molar refractivity (Wildman–Crippen MR) is 84.9 cm³/mol. The second kappa shape index (κ2) is 6.18. The molecule has 0 fully saturated rings. The molecule has 1 atom stereocenters. The number of H-pyrrole nitrogens is 1. The van der Waals surface area contributed by atoms with Gasteiger partial charge in [-0.25, -0.2) is 0 Å². The lowest BCUT2D eigenvalue weighted by Crippen LogP contribution is -2.39. The van der Waals surface area contributed by atoms with E-state index < -0.39 is 0 Å². The quantitative estimate of drug-likeness (QED) is 0.903. The average Bonchev–Trinajstić information content (AvgIpc) is 2.97. The van der Waals surface area contributed by atoms with Gasteiger partial charge in [0.05, 0.1) is 28.9 Å². The molecule has 0 saturated heterocycles. The SMILES string of the molecule is COc1cc(Cl)c(Cl)cc1C(=O)NC1CCc2cn[nH]c2C1. The number of methoxy groups -OCH3 is 1. The van der Waals surface area contributed by atoms with Crippen molar-refractivity contribution in [1.29, 1.82) is 0 Å². The molecule has 7 heteroatoms. The molecule has 116 valence electrons. The number of nitrogens with one attached hydrogen (secondary N) is 2. The first-order valence-electron chi connectivity index (χ1n) is 6.93. The van der Waals surface area contributed by atoms with Gasteiger partial charge in [0, 0.05) is 24.2 Å². The van der Waals surface area contributed by atoms with Crippen LogP contribution in [-0.2, 0) is 12.8 Å². The number of carbonyl (C=O) groups excluding carboxylic acids is 1. The van der Waals surface area contributed by atoms with Gasteiger partial charge in [-0.3, -0.25) is 9.89 Å². The van der Waals surface area contributed by atoms with Gasteiger partial charge in [-0.05, 0) is 24.5 Å². The van der Waals surface area contributed by atoms with Crippen LogP contribution in [0.5, 0.6) is 5.75 Å². The van der Waals surface area contributed by atoms with E-state index in [-0.39, 0.29) is 11.9 Å². The highest BCUT2D eigenvalue weighted by atomic mass is 35.5. The van der Waals surface area contributed by atoms with E-state index in [0.717, 1.165) is 25.0 Å². The van der Waals surface area contributed by atoms with Crippen molar-refractivity contribution in [1.82, 2.24) is 15.5 Å². The molecule has 22 heavy (non-hydrogen) atoms. The normalized spacial score (nSPS) is 17.0. The molecule has 1 aromatic heterocycles. The molecule has 0 radical (unpaired) electrons. The third-order valence-corrected chi connectivity index (χ3v) is 4.56. The summed E-state index contributed by atoms with van der Waals surface area (Å²) in [6, 6.07) is 3.13. The highest BCUT2D eigenvalue weighted by Gasteiger charge is 2.23. The van der Waals surface area contributed by atoms with Gasteiger partial charge in [0.2, 0.25) is 0 Å². The number of hydrogen-bond donors (Lipinski definition) is 2. The first-order chi connectivity index (χ1) is 10.6. The third kappa shape index (κ3) is 2.91. The number of aromatic amines is 1. The average molecular weight is 340 g/mol. The number of fused-ring (bicyclic) bond motifs is 1. The van der Waals surface area contributed by atoms with Crippen LogP contribution in [0.15, 0.2) is 18.3 Å². The maximum atomic E-state index is 12.5. The van der Waals surface area contributed by atoms with Crippen molar-refractivity contribution < 1.29 is 9.53 Å². The summed E-state index contributed by atoms with van der Waals surface area (Å²) in [5, 5.41) is 10.7. The maximum absolute atomic E-state index is 12.5. The molecule has 0 aliphatic heterocycles. The van der Waals surface area contributed by atoms with Gasteiger partial charge in [-0.1, -0.05) is 23.2 Å². The fourth-order valence-corrected chi connectivity index (χ4v) is 2.99. The fourth-order valence-electron chi connectivity index (χ4n) is 2.67. The first kappa shape index (κ1) is 15.2. The molecule has 2 N–H and O–H groups in total. The van der Waals surface area contributed by atoms with Crippen molar-refractivity contribution in [2.45, 2.75) is 25.3 Å². The molecule has 5 nitrogen and oxygen atoms in total. The standard InChI is InChI=1S/C15H15Cl2N3O2/c1-22-14-6-12(17)11(16)5-10(14)15(21)19-9-3-2-8-7-18-20-13(8)4-9/h5-7,9H,2-4H2,1H3,(H,18,20)(H,19,21). The van der Waals surface area contributed by atoms with E-state index in [1.54, 1.807) is 6.07 Å². The summed E-state index contributed by atoms with van der Waals surface area (Å²) in [6.07, 6.45) is 4.36. The smallest absolute Gasteiger partial charge is 0.255 e. The lowest BCUT2D eigenvalue weighted by molar-refractivity contribution is 0.0930. The minimum Gasteiger partial charge on any atom is -0.496 e. The number of aromatic nitrogens is 2. The number of halogens is 2. The van der Waals surface area contributed by atoms with E-state index in [0.29, 0.717) is 21.4 Å². The molecule has 0 spiro atoms. The molecule has 1 heterocycles. The number of carbonyl (C=O) groups is 1. The molecule has 1 aliphatic carbocycles. The Labute approximate surface area is 138 Å². The Morgan fingerprint density at radius 3 is 2.95 bits per heavy atom. The van der Waals surface area contributed by atoms with E-state index in [1.165, 1.54) is 18.7 Å². The number of amides is 1. The van der Waals surface area contributed by atoms with Crippen LogP contribution in [0, 0.1) is 0 Å². The van der Waals surface area contributed by atoms with Crippen molar-refractivity contribution in [2.24, 2.45) is 0 Å². The maximum Gasteiger partial charge on any atom is 0.255 e. The molecule has 0 bridgehead atoms. The van der Waals surface area contributed by atoms with E-state index >= 15 is 0 Å². The second-order valence-electron chi connectivity index (χ2n) is 5.25. The summed E-state index contributed by atoms with van der Waals surface area (Å²) in [5.41, 5.74) is 2.68. The van der Waals surface area contributed by atoms with Gasteiger partial charge in [-0.2, -0.15) is 5.10 Å². The van der Waals surface area contributed by atoms with E-state index in [9.17, 15) is 4.79 Å². The Kier molecular flexibility index (Phi) is 4.27. The topological polar surface area (TPSA) is 67.0 Å². The van der Waals surface area contributed by atoms with Crippen LogP contribution in [0.4, 0.5) is 0 Å². The second-order valence-corrected chi connectivity index (χ2v) is 6.07. The highest BCUT2D eigenvalue weighted by molar-refractivity contribution is 6.42. The van der Waals surface area contributed by atoms with Crippen LogP contribution in [-0.4, -0.2) is 29.3 Å². The Balaban J connectivity index is 1.77. The lowest BCUT2D eigenvalue weighted by atomic mass is 9.93. The Morgan fingerprint density at radius 1 is 1.41 bits per heavy atom. The van der Waals surface area contributed by atoms with Gasteiger partial charge >= 0.3 is 0 Å². The van der Waals surface area contributed by atoms with E-state index in [4.69, 9.17) is 27.9 Å². The summed E-state index contributed by atoms with van der Waals surface area (Å²) in [6.45, 7) is 0. The fraction of sp³-hybridized carbons (Fsp3) is 0.333. The van der Waals surface area contributed by atoms with Crippen LogP contribution in [0.2, 0.25) is 10.0 Å². The summed E-state index contributed by atoms with van der Waals surface area (Å²) in [5.74, 6) is 0.188. The number of ether oxygens (including phenoxy) is 1. The number of benzene rings is 1.